The lowest BCUT2D eigenvalue weighted by Gasteiger charge is -2.21. The van der Waals surface area contributed by atoms with Crippen LogP contribution >= 0.6 is 0 Å². The van der Waals surface area contributed by atoms with E-state index in [1.807, 2.05) is 24.1 Å². The predicted octanol–water partition coefficient (Wildman–Crippen LogP) is 0.499. The molecule has 0 bridgehead atoms. The Hall–Kier alpha value is -3.40. The van der Waals surface area contributed by atoms with Gasteiger partial charge in [-0.15, -0.1) is 0 Å². The maximum absolute atomic E-state index is 11.2. The topological polar surface area (TPSA) is 200 Å². The van der Waals surface area contributed by atoms with Crippen LogP contribution in [0.5, 0.6) is 5.75 Å². The molecular weight excluding hydrogens is 530 g/mol. The number of carboxylic acid groups (broad SMARTS) is 2. The molecule has 0 heterocycles. The number of aliphatic carboxylic acids is 2. The second-order valence-corrected chi connectivity index (χ2v) is 11.6. The van der Waals surface area contributed by atoms with Crippen LogP contribution in [0.25, 0.3) is 0 Å². The van der Waals surface area contributed by atoms with Crippen LogP contribution in [0.2, 0.25) is 0 Å². The minimum Gasteiger partial charge on any atom is -0.491 e. The van der Waals surface area contributed by atoms with Crippen LogP contribution < -0.4 is 14.2 Å². The second-order valence-electron chi connectivity index (χ2n) is 8.06. The molecule has 0 aliphatic carbocycles. The summed E-state index contributed by atoms with van der Waals surface area (Å²) in [6.07, 6.45) is 2.24. The largest absolute Gasteiger partial charge is 0.491 e. The van der Waals surface area contributed by atoms with Crippen LogP contribution in [0.4, 0.5) is 11.4 Å². The number of carbonyl (C=O) groups is 2. The van der Waals surface area contributed by atoms with E-state index in [0.717, 1.165) is 24.5 Å². The number of nitrogens with one attached hydrogen (secondary N) is 2. The molecule has 0 saturated heterocycles. The Morgan fingerprint density at radius 3 is 1.70 bits per heavy atom. The van der Waals surface area contributed by atoms with Gasteiger partial charge in [0, 0.05) is 24.5 Å². The molecular formula is C22H31N3O10S2. The summed E-state index contributed by atoms with van der Waals surface area (Å²) in [4.78, 5) is 20.2. The van der Waals surface area contributed by atoms with E-state index in [9.17, 15) is 21.9 Å². The maximum Gasteiger partial charge on any atom is 0.414 e. The van der Waals surface area contributed by atoms with Crippen molar-refractivity contribution in [3.05, 3.63) is 54.1 Å². The highest BCUT2D eigenvalue weighted by Gasteiger charge is 2.10. The third-order valence-corrected chi connectivity index (χ3v) is 5.56. The number of rotatable bonds is 12. The molecule has 5 N–H and O–H groups in total. The number of ether oxygens (including phenoxy) is 1. The third-order valence-electron chi connectivity index (χ3n) is 4.34. The van der Waals surface area contributed by atoms with Crippen LogP contribution in [0.1, 0.15) is 5.56 Å². The van der Waals surface area contributed by atoms with Crippen molar-refractivity contribution in [2.75, 3.05) is 48.7 Å². The minimum atomic E-state index is -3.33. The zero-order valence-electron chi connectivity index (χ0n) is 20.5. The van der Waals surface area contributed by atoms with Crippen molar-refractivity contribution in [3.63, 3.8) is 0 Å². The number of carboxylic acids is 2. The first-order valence-electron chi connectivity index (χ1n) is 10.6. The fraction of sp³-hybridized carbons (Fsp3) is 0.364. The lowest BCUT2D eigenvalue weighted by molar-refractivity contribution is -0.159. The number of hydrogen-bond acceptors (Lipinski definition) is 9. The van der Waals surface area contributed by atoms with Gasteiger partial charge in [-0.05, 0) is 55.4 Å². The summed E-state index contributed by atoms with van der Waals surface area (Å²) < 4.78 is 55.2. The zero-order chi connectivity index (χ0) is 28.2. The first-order valence-corrected chi connectivity index (χ1v) is 14.4. The highest BCUT2D eigenvalue weighted by Crippen LogP contribution is 2.17. The van der Waals surface area contributed by atoms with Gasteiger partial charge in [-0.1, -0.05) is 12.1 Å². The number of likely N-dealkylation sites (N-methyl/N-ethyl adjacent to an activating group) is 1. The number of benzene rings is 2. The molecule has 15 heteroatoms. The molecule has 1 unspecified atom stereocenters. The first kappa shape index (κ1) is 31.6. The summed E-state index contributed by atoms with van der Waals surface area (Å²) in [5.74, 6) is -3.12. The van der Waals surface area contributed by atoms with E-state index in [1.165, 1.54) is 0 Å². The smallest absolute Gasteiger partial charge is 0.414 e. The van der Waals surface area contributed by atoms with Crippen molar-refractivity contribution >= 4 is 43.4 Å². The molecule has 37 heavy (non-hydrogen) atoms. The SMILES string of the molecule is CN(CCc1ccc(NS(C)(=O)=O)cc1)CC(O)COc1ccc(NS(C)(=O)=O)cc1.O=C(O)C(=O)O. The van der Waals surface area contributed by atoms with Crippen LogP contribution in [-0.4, -0.2) is 94.4 Å². The van der Waals surface area contributed by atoms with Crippen molar-refractivity contribution in [1.29, 1.82) is 0 Å². The van der Waals surface area contributed by atoms with Crippen molar-refractivity contribution in [2.24, 2.45) is 0 Å². The van der Waals surface area contributed by atoms with E-state index in [4.69, 9.17) is 24.5 Å². The van der Waals surface area contributed by atoms with Gasteiger partial charge in [-0.2, -0.15) is 0 Å². The van der Waals surface area contributed by atoms with Gasteiger partial charge in [0.1, 0.15) is 18.5 Å². The summed E-state index contributed by atoms with van der Waals surface area (Å²) in [6.45, 7) is 1.23. The summed E-state index contributed by atoms with van der Waals surface area (Å²) in [6, 6.07) is 13.6. The highest BCUT2D eigenvalue weighted by atomic mass is 32.2. The monoisotopic (exact) mass is 561 g/mol. The Kier molecular flexibility index (Phi) is 12.3. The predicted molar refractivity (Wildman–Crippen MR) is 138 cm³/mol. The number of anilines is 2. The fourth-order valence-corrected chi connectivity index (χ4v) is 3.93. The van der Waals surface area contributed by atoms with Crippen LogP contribution in [0.15, 0.2) is 48.5 Å². The molecule has 0 amide bonds. The lowest BCUT2D eigenvalue weighted by Crippen LogP contribution is -2.34. The quantitative estimate of drug-likeness (QED) is 0.226. The van der Waals surface area contributed by atoms with Gasteiger partial charge in [0.25, 0.3) is 0 Å². The number of hydrogen-bond donors (Lipinski definition) is 5. The molecule has 0 aliphatic heterocycles. The Morgan fingerprint density at radius 1 is 0.865 bits per heavy atom. The van der Waals surface area contributed by atoms with Crippen molar-refractivity contribution in [2.45, 2.75) is 12.5 Å². The number of aliphatic hydroxyl groups is 1. The van der Waals surface area contributed by atoms with E-state index in [2.05, 4.69) is 9.44 Å². The summed E-state index contributed by atoms with van der Waals surface area (Å²) in [5, 5.41) is 25.0. The lowest BCUT2D eigenvalue weighted by atomic mass is 10.1. The molecule has 0 fully saturated rings. The molecule has 206 valence electrons. The average Bonchev–Trinajstić information content (AvgIpc) is 2.76. The van der Waals surface area contributed by atoms with E-state index < -0.39 is 38.1 Å². The molecule has 2 aromatic carbocycles. The van der Waals surface area contributed by atoms with Crippen molar-refractivity contribution in [1.82, 2.24) is 4.90 Å². The number of aliphatic hydroxyl groups excluding tert-OH is 1. The van der Waals surface area contributed by atoms with Crippen LogP contribution in [0, 0.1) is 0 Å². The van der Waals surface area contributed by atoms with E-state index in [0.29, 0.717) is 30.2 Å². The molecule has 13 nitrogen and oxygen atoms in total. The molecule has 0 aromatic heterocycles. The zero-order valence-corrected chi connectivity index (χ0v) is 22.1. The molecule has 0 aliphatic rings. The van der Waals surface area contributed by atoms with Gasteiger partial charge in [-0.3, -0.25) is 9.44 Å². The highest BCUT2D eigenvalue weighted by molar-refractivity contribution is 7.92. The van der Waals surface area contributed by atoms with Gasteiger partial charge in [0.2, 0.25) is 20.0 Å². The summed E-state index contributed by atoms with van der Waals surface area (Å²) in [5.41, 5.74) is 2.02. The molecule has 0 spiro atoms. The van der Waals surface area contributed by atoms with Gasteiger partial charge >= 0.3 is 11.9 Å². The van der Waals surface area contributed by atoms with E-state index >= 15 is 0 Å². The van der Waals surface area contributed by atoms with Gasteiger partial charge in [0.15, 0.2) is 0 Å². The summed E-state index contributed by atoms with van der Waals surface area (Å²) >= 11 is 0. The standard InChI is InChI=1S/C20H29N3O6S2.C2H2O4/c1-23(13-12-16-4-6-17(7-5-16)21-30(2,25)26)14-19(24)15-29-20-10-8-18(9-11-20)22-31(3,27)28;3-1(4)2(5)6/h4-11,19,21-22,24H,12-15H2,1-3H3;(H,3,4)(H,5,6). The molecule has 0 radical (unpaired) electrons. The van der Waals surface area contributed by atoms with E-state index in [1.54, 1.807) is 36.4 Å². The number of sulfonamides is 2. The third kappa shape index (κ3) is 15.3. The van der Waals surface area contributed by atoms with Crippen LogP contribution in [0.3, 0.4) is 0 Å². The number of nitrogens with zero attached hydrogens (tertiary/aromatic N) is 1. The molecule has 2 aromatic rings. The van der Waals surface area contributed by atoms with Crippen molar-refractivity contribution in [3.8, 4) is 5.75 Å². The first-order chi connectivity index (χ1) is 17.0. The second kappa shape index (κ2) is 14.4. The van der Waals surface area contributed by atoms with Gasteiger partial charge in [-0.25, -0.2) is 26.4 Å². The van der Waals surface area contributed by atoms with Crippen LogP contribution in [-0.2, 0) is 36.1 Å². The average molecular weight is 562 g/mol. The molecule has 1 atom stereocenters. The van der Waals surface area contributed by atoms with E-state index in [-0.39, 0.29) is 6.61 Å². The maximum atomic E-state index is 11.2. The normalized spacial score (nSPS) is 12.1. The Balaban J connectivity index is 0.00000102. The molecule has 0 saturated carbocycles. The minimum absolute atomic E-state index is 0.106. The van der Waals surface area contributed by atoms with Gasteiger partial charge in [0.05, 0.1) is 12.5 Å². The Bertz CT molecular complexity index is 1130. The fourth-order valence-electron chi connectivity index (χ4n) is 2.80. The Morgan fingerprint density at radius 2 is 1.30 bits per heavy atom. The summed E-state index contributed by atoms with van der Waals surface area (Å²) in [7, 11) is -4.72. The van der Waals surface area contributed by atoms with Gasteiger partial charge < -0.3 is 25.0 Å². The molecule has 2 rings (SSSR count). The van der Waals surface area contributed by atoms with Crippen molar-refractivity contribution < 1.29 is 46.5 Å². The Labute approximate surface area is 215 Å².